The first-order chi connectivity index (χ1) is 8.92. The Labute approximate surface area is 112 Å². The van der Waals surface area contributed by atoms with Crippen LogP contribution < -0.4 is 5.32 Å². The fourth-order valence-electron chi connectivity index (χ4n) is 1.49. The van der Waals surface area contributed by atoms with Crippen LogP contribution in [0.1, 0.15) is 5.56 Å². The van der Waals surface area contributed by atoms with Gasteiger partial charge in [0, 0.05) is 11.8 Å². The van der Waals surface area contributed by atoms with Crippen LogP contribution in [0.5, 0.6) is 0 Å². The summed E-state index contributed by atoms with van der Waals surface area (Å²) in [6, 6.07) is 7.45. The number of nitrogens with zero attached hydrogens (tertiary/aromatic N) is 2. The van der Waals surface area contributed by atoms with E-state index in [4.69, 9.17) is 11.6 Å². The average Bonchev–Trinajstić information content (AvgIpc) is 2.30. The molecule has 0 aliphatic heterocycles. The van der Waals surface area contributed by atoms with Gasteiger partial charge < -0.3 is 5.32 Å². The first kappa shape index (κ1) is 13.6. The van der Waals surface area contributed by atoms with Crippen LogP contribution in [0.25, 0.3) is 0 Å². The zero-order valence-electron chi connectivity index (χ0n) is 9.58. The van der Waals surface area contributed by atoms with Gasteiger partial charge in [-0.1, -0.05) is 23.7 Å². The second-order valence-electron chi connectivity index (χ2n) is 3.84. The number of hydrogen-bond acceptors (Lipinski definition) is 3. The predicted octanol–water partition coefficient (Wildman–Crippen LogP) is 3.98. The molecule has 1 heterocycles. The molecule has 2 aromatic rings. The highest BCUT2D eigenvalue weighted by Gasteiger charge is 2.27. The Morgan fingerprint density at radius 1 is 1.11 bits per heavy atom. The summed E-state index contributed by atoms with van der Waals surface area (Å²) >= 11 is 5.69. The minimum absolute atomic E-state index is 0.207. The summed E-state index contributed by atoms with van der Waals surface area (Å²) in [5.74, 6) is 0.476. The standard InChI is InChI=1S/C12H9ClF3N3/c13-10-5-11(18-7-17-10)19-9-3-1-8(2-4-9)6-12(14,15)16/h1-5,7H,6H2,(H,17,18,19). The Bertz CT molecular complexity index is 555. The third kappa shape index (κ3) is 4.40. The number of benzene rings is 1. The molecule has 0 unspecified atom stereocenters. The lowest BCUT2D eigenvalue weighted by atomic mass is 10.1. The number of aromatic nitrogens is 2. The molecule has 19 heavy (non-hydrogen) atoms. The Hall–Kier alpha value is -1.82. The average molecular weight is 288 g/mol. The molecule has 1 N–H and O–H groups in total. The molecule has 2 rings (SSSR count). The highest BCUT2D eigenvalue weighted by molar-refractivity contribution is 6.29. The molecular weight excluding hydrogens is 279 g/mol. The fraction of sp³-hybridized carbons (Fsp3) is 0.167. The molecule has 0 saturated carbocycles. The largest absolute Gasteiger partial charge is 0.393 e. The smallest absolute Gasteiger partial charge is 0.340 e. The Morgan fingerprint density at radius 3 is 2.37 bits per heavy atom. The molecule has 0 amide bonds. The van der Waals surface area contributed by atoms with Crippen molar-refractivity contribution < 1.29 is 13.2 Å². The van der Waals surface area contributed by atoms with Crippen molar-refractivity contribution in [1.29, 1.82) is 0 Å². The van der Waals surface area contributed by atoms with Crippen LogP contribution in [0.15, 0.2) is 36.7 Å². The zero-order chi connectivity index (χ0) is 13.9. The molecule has 100 valence electrons. The Balaban J connectivity index is 2.07. The lowest BCUT2D eigenvalue weighted by molar-refractivity contribution is -0.127. The summed E-state index contributed by atoms with van der Waals surface area (Å²) in [7, 11) is 0. The van der Waals surface area contributed by atoms with E-state index in [0.29, 0.717) is 11.5 Å². The first-order valence-corrected chi connectivity index (χ1v) is 5.70. The van der Waals surface area contributed by atoms with Crippen molar-refractivity contribution >= 4 is 23.1 Å². The fourth-order valence-corrected chi connectivity index (χ4v) is 1.63. The molecule has 0 radical (unpaired) electrons. The van der Waals surface area contributed by atoms with E-state index in [1.807, 2.05) is 0 Å². The molecule has 0 aliphatic carbocycles. The van der Waals surface area contributed by atoms with Gasteiger partial charge in [-0.25, -0.2) is 9.97 Å². The van der Waals surface area contributed by atoms with Crippen molar-refractivity contribution in [1.82, 2.24) is 9.97 Å². The number of halogens is 4. The monoisotopic (exact) mass is 287 g/mol. The number of nitrogens with one attached hydrogen (secondary N) is 1. The van der Waals surface area contributed by atoms with Crippen LogP contribution in [-0.2, 0) is 6.42 Å². The van der Waals surface area contributed by atoms with Crippen molar-refractivity contribution in [2.75, 3.05) is 5.32 Å². The first-order valence-electron chi connectivity index (χ1n) is 5.33. The molecule has 1 aromatic heterocycles. The zero-order valence-corrected chi connectivity index (χ0v) is 10.3. The van der Waals surface area contributed by atoms with Crippen molar-refractivity contribution in [3.05, 3.63) is 47.4 Å². The van der Waals surface area contributed by atoms with Gasteiger partial charge in [0.15, 0.2) is 0 Å². The van der Waals surface area contributed by atoms with Crippen LogP contribution in [0.4, 0.5) is 24.7 Å². The van der Waals surface area contributed by atoms with Crippen LogP contribution in [-0.4, -0.2) is 16.1 Å². The minimum atomic E-state index is -4.20. The molecule has 7 heteroatoms. The molecule has 0 aliphatic rings. The molecule has 0 fully saturated rings. The van der Waals surface area contributed by atoms with E-state index in [0.717, 1.165) is 0 Å². The lowest BCUT2D eigenvalue weighted by Crippen LogP contribution is -2.11. The van der Waals surface area contributed by atoms with Gasteiger partial charge >= 0.3 is 6.18 Å². The summed E-state index contributed by atoms with van der Waals surface area (Å²) in [5.41, 5.74) is 0.833. The quantitative estimate of drug-likeness (QED) is 0.868. The highest BCUT2D eigenvalue weighted by atomic mass is 35.5. The summed E-state index contributed by atoms with van der Waals surface area (Å²) in [6.07, 6.45) is -3.84. The topological polar surface area (TPSA) is 37.8 Å². The van der Waals surface area contributed by atoms with Gasteiger partial charge in [-0.2, -0.15) is 13.2 Å². The van der Waals surface area contributed by atoms with E-state index in [-0.39, 0.29) is 10.7 Å². The highest BCUT2D eigenvalue weighted by Crippen LogP contribution is 2.23. The van der Waals surface area contributed by atoms with E-state index in [2.05, 4.69) is 15.3 Å². The second kappa shape index (κ2) is 5.44. The number of hydrogen-bond donors (Lipinski definition) is 1. The van der Waals surface area contributed by atoms with E-state index in [1.165, 1.54) is 24.5 Å². The maximum absolute atomic E-state index is 12.2. The Kier molecular flexibility index (Phi) is 3.90. The third-order valence-corrected chi connectivity index (χ3v) is 2.47. The van der Waals surface area contributed by atoms with Crippen LogP contribution in [0, 0.1) is 0 Å². The number of anilines is 2. The van der Waals surface area contributed by atoms with Crippen LogP contribution >= 0.6 is 11.6 Å². The second-order valence-corrected chi connectivity index (χ2v) is 4.23. The number of rotatable bonds is 3. The maximum atomic E-state index is 12.2. The minimum Gasteiger partial charge on any atom is -0.340 e. The van der Waals surface area contributed by atoms with Gasteiger partial charge in [0.2, 0.25) is 0 Å². The Morgan fingerprint density at radius 2 is 1.79 bits per heavy atom. The molecule has 0 atom stereocenters. The van der Waals surface area contributed by atoms with Crippen molar-refractivity contribution in [2.45, 2.75) is 12.6 Å². The van der Waals surface area contributed by atoms with Crippen LogP contribution in [0.2, 0.25) is 5.15 Å². The summed E-state index contributed by atoms with van der Waals surface area (Å²) < 4.78 is 36.6. The molecule has 0 spiro atoms. The van der Waals surface area contributed by atoms with E-state index >= 15 is 0 Å². The van der Waals surface area contributed by atoms with Gasteiger partial charge in [0.05, 0.1) is 6.42 Å². The van der Waals surface area contributed by atoms with Crippen molar-refractivity contribution in [3.63, 3.8) is 0 Å². The SMILES string of the molecule is FC(F)(F)Cc1ccc(Nc2cc(Cl)ncn2)cc1. The predicted molar refractivity (Wildman–Crippen MR) is 66.5 cm³/mol. The van der Waals surface area contributed by atoms with Gasteiger partial charge in [-0.05, 0) is 17.7 Å². The van der Waals surface area contributed by atoms with Crippen LogP contribution in [0.3, 0.4) is 0 Å². The van der Waals surface area contributed by atoms with E-state index < -0.39 is 12.6 Å². The van der Waals surface area contributed by atoms with Gasteiger partial charge in [-0.15, -0.1) is 0 Å². The summed E-state index contributed by atoms with van der Waals surface area (Å²) in [4.78, 5) is 7.66. The van der Waals surface area contributed by atoms with Crippen molar-refractivity contribution in [3.8, 4) is 0 Å². The normalized spacial score (nSPS) is 11.4. The maximum Gasteiger partial charge on any atom is 0.393 e. The van der Waals surface area contributed by atoms with Gasteiger partial charge in [0.25, 0.3) is 0 Å². The number of alkyl halides is 3. The summed E-state index contributed by atoms with van der Waals surface area (Å²) in [5, 5.41) is 3.20. The van der Waals surface area contributed by atoms with Gasteiger partial charge in [-0.3, -0.25) is 0 Å². The van der Waals surface area contributed by atoms with E-state index in [9.17, 15) is 13.2 Å². The lowest BCUT2D eigenvalue weighted by Gasteiger charge is -2.08. The summed E-state index contributed by atoms with van der Waals surface area (Å²) in [6.45, 7) is 0. The van der Waals surface area contributed by atoms with E-state index in [1.54, 1.807) is 12.1 Å². The molecular formula is C12H9ClF3N3. The third-order valence-electron chi connectivity index (χ3n) is 2.26. The molecule has 3 nitrogen and oxygen atoms in total. The molecule has 0 bridgehead atoms. The molecule has 0 saturated heterocycles. The van der Waals surface area contributed by atoms with Crippen molar-refractivity contribution in [2.24, 2.45) is 0 Å². The molecule has 1 aromatic carbocycles. The van der Waals surface area contributed by atoms with Gasteiger partial charge in [0.1, 0.15) is 17.3 Å².